The van der Waals surface area contributed by atoms with Gasteiger partial charge in [-0.2, -0.15) is 0 Å². The van der Waals surface area contributed by atoms with Gasteiger partial charge in [0.05, 0.1) is 12.3 Å². The maximum atomic E-state index is 9.06. The van der Waals surface area contributed by atoms with Crippen molar-refractivity contribution < 1.29 is 9.52 Å². The second-order valence-electron chi connectivity index (χ2n) is 5.14. The molecule has 2 heterocycles. The van der Waals surface area contributed by atoms with Crippen LogP contribution in [0.25, 0.3) is 0 Å². The molecule has 1 atom stereocenters. The van der Waals surface area contributed by atoms with Crippen molar-refractivity contribution in [2.75, 3.05) is 46.4 Å². The molecule has 0 spiro atoms. The monoisotopic (exact) mass is 253 g/mol. The molecule has 0 aromatic carbocycles. The molecule has 1 N–H and O–H groups in total. The summed E-state index contributed by atoms with van der Waals surface area (Å²) in [6.45, 7) is 7.58. The van der Waals surface area contributed by atoms with Gasteiger partial charge in [-0.25, -0.2) is 4.98 Å². The Morgan fingerprint density at radius 2 is 2.11 bits per heavy atom. The fourth-order valence-electron chi connectivity index (χ4n) is 2.09. The molecule has 0 amide bonds. The minimum absolute atomic E-state index is 0.0612. The fourth-order valence-corrected chi connectivity index (χ4v) is 2.09. The van der Waals surface area contributed by atoms with E-state index in [0.29, 0.717) is 0 Å². The van der Waals surface area contributed by atoms with E-state index in [1.807, 2.05) is 6.92 Å². The van der Waals surface area contributed by atoms with E-state index in [1.165, 1.54) is 0 Å². The van der Waals surface area contributed by atoms with Gasteiger partial charge in [-0.3, -0.25) is 0 Å². The maximum absolute atomic E-state index is 9.06. The smallest absolute Gasteiger partial charge is 0.195 e. The van der Waals surface area contributed by atoms with E-state index in [4.69, 9.17) is 9.52 Å². The lowest BCUT2D eigenvalue weighted by Gasteiger charge is -2.31. The van der Waals surface area contributed by atoms with Crippen LogP contribution >= 0.6 is 0 Å². The van der Waals surface area contributed by atoms with Crippen LogP contribution in [0.2, 0.25) is 0 Å². The van der Waals surface area contributed by atoms with Gasteiger partial charge in [0.1, 0.15) is 6.26 Å². The van der Waals surface area contributed by atoms with Crippen LogP contribution in [0.4, 0.5) is 0 Å². The van der Waals surface area contributed by atoms with Gasteiger partial charge in [0.2, 0.25) is 0 Å². The number of aromatic nitrogens is 1. The molecule has 1 aliphatic rings. The van der Waals surface area contributed by atoms with Crippen molar-refractivity contribution in [3.63, 3.8) is 0 Å². The molecule has 1 aliphatic heterocycles. The Balaban J connectivity index is 1.78. The summed E-state index contributed by atoms with van der Waals surface area (Å²) in [7, 11) is 2.16. The minimum Gasteiger partial charge on any atom is -0.449 e. The molecule has 1 aromatic rings. The first-order chi connectivity index (χ1) is 8.69. The van der Waals surface area contributed by atoms with E-state index in [0.717, 1.165) is 50.7 Å². The van der Waals surface area contributed by atoms with Crippen LogP contribution in [0, 0.1) is 0 Å². The van der Waals surface area contributed by atoms with Crippen LogP contribution in [-0.4, -0.2) is 66.3 Å². The van der Waals surface area contributed by atoms with Crippen molar-refractivity contribution >= 4 is 0 Å². The zero-order valence-electron chi connectivity index (χ0n) is 11.3. The van der Waals surface area contributed by atoms with Crippen molar-refractivity contribution in [3.8, 4) is 0 Å². The summed E-state index contributed by atoms with van der Waals surface area (Å²) in [5, 5.41) is 9.06. The number of likely N-dealkylation sites (N-methyl/N-ethyl adjacent to an activating group) is 1. The fraction of sp³-hybridized carbons (Fsp3) is 0.769. The molecule has 2 rings (SSSR count). The van der Waals surface area contributed by atoms with E-state index in [9.17, 15) is 0 Å². The van der Waals surface area contributed by atoms with Crippen LogP contribution in [0.5, 0.6) is 0 Å². The standard InChI is InChI=1S/C13H23N3O2/c1-11(9-17)12-10-18-13(14-12)3-4-16-7-5-15(2)6-8-16/h10-11,17H,3-9H2,1-2H3. The van der Waals surface area contributed by atoms with E-state index in [2.05, 4.69) is 21.8 Å². The first-order valence-electron chi connectivity index (χ1n) is 6.65. The number of aliphatic hydroxyl groups is 1. The van der Waals surface area contributed by atoms with E-state index in [1.54, 1.807) is 6.26 Å². The van der Waals surface area contributed by atoms with Crippen molar-refractivity contribution in [2.45, 2.75) is 19.3 Å². The molecular formula is C13H23N3O2. The van der Waals surface area contributed by atoms with E-state index < -0.39 is 0 Å². The number of piperazine rings is 1. The summed E-state index contributed by atoms with van der Waals surface area (Å²) in [5.74, 6) is 0.843. The average molecular weight is 253 g/mol. The van der Waals surface area contributed by atoms with Crippen LogP contribution in [0.1, 0.15) is 24.4 Å². The molecule has 1 saturated heterocycles. The number of nitrogens with zero attached hydrogens (tertiary/aromatic N) is 3. The molecule has 0 saturated carbocycles. The highest BCUT2D eigenvalue weighted by atomic mass is 16.3. The molecule has 5 heteroatoms. The molecule has 5 nitrogen and oxygen atoms in total. The maximum Gasteiger partial charge on any atom is 0.195 e. The quantitative estimate of drug-likeness (QED) is 0.831. The molecule has 0 radical (unpaired) electrons. The van der Waals surface area contributed by atoms with Gasteiger partial charge < -0.3 is 19.3 Å². The Kier molecular flexibility index (Phi) is 4.74. The molecular weight excluding hydrogens is 230 g/mol. The van der Waals surface area contributed by atoms with Crippen molar-refractivity contribution in [1.82, 2.24) is 14.8 Å². The first-order valence-corrected chi connectivity index (χ1v) is 6.65. The molecule has 0 bridgehead atoms. The second kappa shape index (κ2) is 6.31. The normalized spacial score (nSPS) is 20.2. The zero-order valence-corrected chi connectivity index (χ0v) is 11.3. The largest absolute Gasteiger partial charge is 0.449 e. The van der Waals surface area contributed by atoms with Crippen molar-refractivity contribution in [3.05, 3.63) is 17.8 Å². The van der Waals surface area contributed by atoms with Crippen LogP contribution in [0.3, 0.4) is 0 Å². The lowest BCUT2D eigenvalue weighted by atomic mass is 10.1. The number of oxazole rings is 1. The van der Waals surface area contributed by atoms with E-state index in [-0.39, 0.29) is 12.5 Å². The van der Waals surface area contributed by atoms with Crippen LogP contribution in [-0.2, 0) is 6.42 Å². The van der Waals surface area contributed by atoms with Crippen LogP contribution < -0.4 is 0 Å². The zero-order chi connectivity index (χ0) is 13.0. The second-order valence-corrected chi connectivity index (χ2v) is 5.14. The SMILES string of the molecule is CC(CO)c1coc(CCN2CCN(C)CC2)n1. The lowest BCUT2D eigenvalue weighted by Crippen LogP contribution is -2.45. The Bertz CT molecular complexity index is 359. The van der Waals surface area contributed by atoms with Gasteiger partial charge in [0.15, 0.2) is 5.89 Å². The highest BCUT2D eigenvalue weighted by Crippen LogP contribution is 2.14. The predicted octanol–water partition coefficient (Wildman–Crippen LogP) is 0.560. The van der Waals surface area contributed by atoms with E-state index >= 15 is 0 Å². The Hall–Kier alpha value is -0.910. The summed E-state index contributed by atoms with van der Waals surface area (Å²) in [4.78, 5) is 9.21. The van der Waals surface area contributed by atoms with Crippen molar-refractivity contribution in [1.29, 1.82) is 0 Å². The van der Waals surface area contributed by atoms with Gasteiger partial charge in [0.25, 0.3) is 0 Å². The number of hydrogen-bond acceptors (Lipinski definition) is 5. The lowest BCUT2D eigenvalue weighted by molar-refractivity contribution is 0.153. The topological polar surface area (TPSA) is 52.7 Å². The van der Waals surface area contributed by atoms with Crippen molar-refractivity contribution in [2.24, 2.45) is 0 Å². The third kappa shape index (κ3) is 3.54. The predicted molar refractivity (Wildman–Crippen MR) is 69.6 cm³/mol. The Morgan fingerprint density at radius 3 is 2.78 bits per heavy atom. The summed E-state index contributed by atoms with van der Waals surface area (Å²) in [5.41, 5.74) is 0.853. The summed E-state index contributed by atoms with van der Waals surface area (Å²) >= 11 is 0. The molecule has 102 valence electrons. The number of hydrogen-bond donors (Lipinski definition) is 1. The summed E-state index contributed by atoms with van der Waals surface area (Å²) in [6.07, 6.45) is 2.52. The molecule has 0 aliphatic carbocycles. The van der Waals surface area contributed by atoms with Gasteiger partial charge in [-0.1, -0.05) is 6.92 Å². The highest BCUT2D eigenvalue weighted by molar-refractivity contribution is 5.03. The van der Waals surface area contributed by atoms with Gasteiger partial charge in [-0.15, -0.1) is 0 Å². The first kappa shape index (κ1) is 13.5. The highest BCUT2D eigenvalue weighted by Gasteiger charge is 2.15. The van der Waals surface area contributed by atoms with Gasteiger partial charge in [0, 0.05) is 45.1 Å². The molecule has 1 aromatic heterocycles. The third-order valence-electron chi connectivity index (χ3n) is 3.59. The Labute approximate surface area is 108 Å². The number of aliphatic hydroxyl groups excluding tert-OH is 1. The number of rotatable bonds is 5. The third-order valence-corrected chi connectivity index (χ3v) is 3.59. The average Bonchev–Trinajstić information content (AvgIpc) is 2.86. The van der Waals surface area contributed by atoms with Gasteiger partial charge in [-0.05, 0) is 7.05 Å². The molecule has 18 heavy (non-hydrogen) atoms. The van der Waals surface area contributed by atoms with Gasteiger partial charge >= 0.3 is 0 Å². The summed E-state index contributed by atoms with van der Waals surface area (Å²) in [6, 6.07) is 0. The summed E-state index contributed by atoms with van der Waals surface area (Å²) < 4.78 is 5.44. The Morgan fingerprint density at radius 1 is 1.39 bits per heavy atom. The molecule has 1 fully saturated rings. The molecule has 1 unspecified atom stereocenters. The van der Waals surface area contributed by atoms with Crippen LogP contribution in [0.15, 0.2) is 10.7 Å². The minimum atomic E-state index is 0.0612.